The van der Waals surface area contributed by atoms with Crippen molar-refractivity contribution >= 4 is 23.6 Å². The third kappa shape index (κ3) is 4.87. The van der Waals surface area contributed by atoms with Crippen LogP contribution in [-0.2, 0) is 4.79 Å². The molecular formula is C22H26N2O3S. The van der Waals surface area contributed by atoms with Gasteiger partial charge in [0.25, 0.3) is 5.91 Å². The second-order valence-electron chi connectivity index (χ2n) is 6.81. The largest absolute Gasteiger partial charge is 0.496 e. The van der Waals surface area contributed by atoms with Crippen LogP contribution >= 0.6 is 11.8 Å². The highest BCUT2D eigenvalue weighted by Crippen LogP contribution is 2.27. The van der Waals surface area contributed by atoms with E-state index >= 15 is 0 Å². The minimum atomic E-state index is -0.201. The fraction of sp³-hybridized carbons (Fsp3) is 0.364. The van der Waals surface area contributed by atoms with Crippen LogP contribution in [0.25, 0.3) is 0 Å². The first-order valence-corrected chi connectivity index (χ1v) is 10.5. The molecule has 1 heterocycles. The lowest BCUT2D eigenvalue weighted by molar-refractivity contribution is -0.127. The molecule has 28 heavy (non-hydrogen) atoms. The Morgan fingerprint density at radius 2 is 1.79 bits per heavy atom. The molecule has 0 unspecified atom stereocenters. The molecule has 0 spiro atoms. The number of benzene rings is 2. The Kier molecular flexibility index (Phi) is 6.98. The fourth-order valence-electron chi connectivity index (χ4n) is 3.35. The maximum atomic E-state index is 12.9. The summed E-state index contributed by atoms with van der Waals surface area (Å²) in [7, 11) is 1.62. The van der Waals surface area contributed by atoms with Crippen LogP contribution in [0.1, 0.15) is 41.7 Å². The second-order valence-corrected chi connectivity index (χ2v) is 7.83. The summed E-state index contributed by atoms with van der Waals surface area (Å²) in [4.78, 5) is 27.9. The van der Waals surface area contributed by atoms with Crippen molar-refractivity contribution in [1.82, 2.24) is 10.2 Å². The van der Waals surface area contributed by atoms with E-state index in [1.54, 1.807) is 13.2 Å². The minimum absolute atomic E-state index is 0.139. The zero-order chi connectivity index (χ0) is 19.9. The van der Waals surface area contributed by atoms with E-state index in [0.29, 0.717) is 11.3 Å². The molecule has 5 nitrogen and oxygen atoms in total. The summed E-state index contributed by atoms with van der Waals surface area (Å²) in [6.45, 7) is 3.62. The van der Waals surface area contributed by atoms with Crippen molar-refractivity contribution in [1.29, 1.82) is 0 Å². The van der Waals surface area contributed by atoms with E-state index in [4.69, 9.17) is 4.74 Å². The number of carbonyl (C=O) groups is 2. The van der Waals surface area contributed by atoms with Gasteiger partial charge in [-0.2, -0.15) is 0 Å². The van der Waals surface area contributed by atoms with E-state index in [0.717, 1.165) is 42.1 Å². The maximum Gasteiger partial charge on any atom is 0.252 e. The minimum Gasteiger partial charge on any atom is -0.496 e. The van der Waals surface area contributed by atoms with Gasteiger partial charge in [0.15, 0.2) is 0 Å². The molecule has 0 bridgehead atoms. The van der Waals surface area contributed by atoms with Crippen molar-refractivity contribution in [3.8, 4) is 5.75 Å². The predicted molar refractivity (Wildman–Crippen MR) is 112 cm³/mol. The molecule has 2 aromatic carbocycles. The average Bonchev–Trinajstić information content (AvgIpc) is 3.27. The van der Waals surface area contributed by atoms with Gasteiger partial charge >= 0.3 is 0 Å². The van der Waals surface area contributed by atoms with E-state index < -0.39 is 0 Å². The van der Waals surface area contributed by atoms with Crippen LogP contribution in [0.2, 0.25) is 0 Å². The summed E-state index contributed by atoms with van der Waals surface area (Å²) in [6.07, 6.45) is 2.16. The Morgan fingerprint density at radius 1 is 1.11 bits per heavy atom. The molecule has 0 aliphatic carbocycles. The molecule has 2 amide bonds. The molecule has 1 aliphatic heterocycles. The SMILES string of the molecule is COc1ccccc1[C@@H](C)NC(=O)c1ccccc1SCC(=O)N1CCCC1. The Labute approximate surface area is 170 Å². The third-order valence-corrected chi connectivity index (χ3v) is 5.95. The standard InChI is InChI=1S/C22H26N2O3S/c1-16(17-9-3-5-11-19(17)27-2)23-22(26)18-10-4-6-12-20(18)28-15-21(25)24-13-7-8-14-24/h3-6,9-12,16H,7-8,13-15H2,1-2H3,(H,23,26)/t16-/m1/s1. The maximum absolute atomic E-state index is 12.9. The monoisotopic (exact) mass is 398 g/mol. The van der Waals surface area contributed by atoms with Crippen LogP contribution in [0.5, 0.6) is 5.75 Å². The van der Waals surface area contributed by atoms with Gasteiger partial charge in [0, 0.05) is 23.5 Å². The molecule has 0 saturated carbocycles. The molecule has 6 heteroatoms. The third-order valence-electron chi connectivity index (χ3n) is 4.89. The molecule has 3 rings (SSSR count). The molecule has 148 valence electrons. The number of para-hydroxylation sites is 1. The summed E-state index contributed by atoms with van der Waals surface area (Å²) in [5.74, 6) is 1.08. The molecule has 1 aliphatic rings. The van der Waals surface area contributed by atoms with Crippen molar-refractivity contribution in [3.63, 3.8) is 0 Å². The Hall–Kier alpha value is -2.47. The molecular weight excluding hydrogens is 372 g/mol. The van der Waals surface area contributed by atoms with Crippen LogP contribution < -0.4 is 10.1 Å². The van der Waals surface area contributed by atoms with E-state index in [1.165, 1.54) is 11.8 Å². The van der Waals surface area contributed by atoms with Crippen molar-refractivity contribution in [2.45, 2.75) is 30.7 Å². The van der Waals surface area contributed by atoms with Gasteiger partial charge in [-0.15, -0.1) is 11.8 Å². The lowest BCUT2D eigenvalue weighted by Crippen LogP contribution is -2.29. The van der Waals surface area contributed by atoms with Crippen LogP contribution in [0, 0.1) is 0 Å². The molecule has 1 atom stereocenters. The van der Waals surface area contributed by atoms with E-state index in [9.17, 15) is 9.59 Å². The Balaban J connectivity index is 1.67. The highest BCUT2D eigenvalue weighted by Gasteiger charge is 2.20. The number of carbonyl (C=O) groups excluding carboxylic acids is 2. The topological polar surface area (TPSA) is 58.6 Å². The Morgan fingerprint density at radius 3 is 2.54 bits per heavy atom. The van der Waals surface area contributed by atoms with E-state index in [-0.39, 0.29) is 17.9 Å². The van der Waals surface area contributed by atoms with Gasteiger partial charge in [-0.1, -0.05) is 30.3 Å². The van der Waals surface area contributed by atoms with Gasteiger partial charge in [-0.25, -0.2) is 0 Å². The van der Waals surface area contributed by atoms with Gasteiger partial charge < -0.3 is 15.0 Å². The Bertz CT molecular complexity index is 834. The average molecular weight is 399 g/mol. The predicted octanol–water partition coefficient (Wildman–Crippen LogP) is 3.90. The summed E-state index contributed by atoms with van der Waals surface area (Å²) in [5, 5.41) is 3.04. The number of rotatable bonds is 7. The fourth-order valence-corrected chi connectivity index (χ4v) is 4.31. The molecule has 1 saturated heterocycles. The first kappa shape index (κ1) is 20.3. The van der Waals surface area contributed by atoms with Crippen LogP contribution in [0.4, 0.5) is 0 Å². The number of nitrogens with one attached hydrogen (secondary N) is 1. The molecule has 2 aromatic rings. The van der Waals surface area contributed by atoms with Crippen molar-refractivity contribution in [2.75, 3.05) is 26.0 Å². The lowest BCUT2D eigenvalue weighted by Gasteiger charge is -2.18. The lowest BCUT2D eigenvalue weighted by atomic mass is 10.1. The van der Waals surface area contributed by atoms with Crippen LogP contribution in [0.15, 0.2) is 53.4 Å². The van der Waals surface area contributed by atoms with Gasteiger partial charge in [0.1, 0.15) is 5.75 Å². The normalized spacial score (nSPS) is 14.6. The number of methoxy groups -OCH3 is 1. The number of nitrogens with zero attached hydrogens (tertiary/aromatic N) is 1. The number of likely N-dealkylation sites (tertiary alicyclic amines) is 1. The molecule has 1 fully saturated rings. The highest BCUT2D eigenvalue weighted by molar-refractivity contribution is 8.00. The van der Waals surface area contributed by atoms with Crippen molar-refractivity contribution in [2.24, 2.45) is 0 Å². The number of hydrogen-bond acceptors (Lipinski definition) is 4. The molecule has 0 aromatic heterocycles. The smallest absolute Gasteiger partial charge is 0.252 e. The van der Waals surface area contributed by atoms with Gasteiger partial charge in [0.05, 0.1) is 24.5 Å². The van der Waals surface area contributed by atoms with E-state index in [2.05, 4.69) is 5.32 Å². The van der Waals surface area contributed by atoms with Gasteiger partial charge in [-0.05, 0) is 38.0 Å². The molecule has 0 radical (unpaired) electrons. The zero-order valence-corrected chi connectivity index (χ0v) is 17.1. The van der Waals surface area contributed by atoms with Crippen molar-refractivity contribution in [3.05, 3.63) is 59.7 Å². The number of ether oxygens (including phenoxy) is 1. The summed E-state index contributed by atoms with van der Waals surface area (Å²) in [6, 6.07) is 14.9. The van der Waals surface area contributed by atoms with E-state index in [1.807, 2.05) is 54.3 Å². The van der Waals surface area contributed by atoms with Crippen molar-refractivity contribution < 1.29 is 14.3 Å². The summed E-state index contributed by atoms with van der Waals surface area (Å²) < 4.78 is 5.39. The number of amides is 2. The highest BCUT2D eigenvalue weighted by atomic mass is 32.2. The van der Waals surface area contributed by atoms with Gasteiger partial charge in [0.2, 0.25) is 5.91 Å². The first-order valence-electron chi connectivity index (χ1n) is 9.53. The summed E-state index contributed by atoms with van der Waals surface area (Å²) >= 11 is 1.42. The number of hydrogen-bond donors (Lipinski definition) is 1. The molecule has 1 N–H and O–H groups in total. The van der Waals surface area contributed by atoms with Gasteiger partial charge in [-0.3, -0.25) is 9.59 Å². The first-order chi connectivity index (χ1) is 13.6. The zero-order valence-electron chi connectivity index (χ0n) is 16.3. The van der Waals surface area contributed by atoms with Crippen LogP contribution in [-0.4, -0.2) is 42.7 Å². The second kappa shape index (κ2) is 9.64. The quantitative estimate of drug-likeness (QED) is 0.719. The number of thioether (sulfide) groups is 1. The van der Waals surface area contributed by atoms with Crippen LogP contribution in [0.3, 0.4) is 0 Å². The summed E-state index contributed by atoms with van der Waals surface area (Å²) in [5.41, 5.74) is 1.51.